The first-order chi connectivity index (χ1) is 13.1. The van der Waals surface area contributed by atoms with Crippen molar-refractivity contribution in [2.24, 2.45) is 23.2 Å². The second-order valence-corrected chi connectivity index (χ2v) is 9.47. The highest BCUT2D eigenvalue weighted by Crippen LogP contribution is 2.63. The third kappa shape index (κ3) is 2.72. The standard InChI is InChI=1S/C25H30O2/c1-25-15-18(13-16-5-3-2-4-6-16)24-20-10-8-19(26)14-17(20)7-9-21(24)22(25)11-12-23(25)27/h2-6,8,10,14,18,21-24,26-27H,7,9,11-13,15H2,1H3/t18-,21-,22-,23-,24+,25-/m0/s1. The van der Waals surface area contributed by atoms with Gasteiger partial charge < -0.3 is 10.2 Å². The summed E-state index contributed by atoms with van der Waals surface area (Å²) in [5, 5.41) is 20.8. The molecule has 6 atom stereocenters. The quantitative estimate of drug-likeness (QED) is 0.782. The third-order valence-corrected chi connectivity index (χ3v) is 8.12. The average molecular weight is 363 g/mol. The van der Waals surface area contributed by atoms with Crippen molar-refractivity contribution in [1.82, 2.24) is 0 Å². The van der Waals surface area contributed by atoms with Gasteiger partial charge in [-0.2, -0.15) is 0 Å². The van der Waals surface area contributed by atoms with E-state index in [9.17, 15) is 10.2 Å². The molecule has 0 aromatic heterocycles. The molecule has 2 aromatic carbocycles. The van der Waals surface area contributed by atoms with Crippen LogP contribution in [0, 0.1) is 23.2 Å². The predicted molar refractivity (Wildman–Crippen MR) is 108 cm³/mol. The number of hydrogen-bond donors (Lipinski definition) is 2. The van der Waals surface area contributed by atoms with E-state index in [1.807, 2.05) is 12.1 Å². The highest BCUT2D eigenvalue weighted by Gasteiger charge is 2.57. The zero-order valence-electron chi connectivity index (χ0n) is 16.1. The van der Waals surface area contributed by atoms with Gasteiger partial charge in [0.05, 0.1) is 6.10 Å². The van der Waals surface area contributed by atoms with E-state index in [-0.39, 0.29) is 11.5 Å². The normalized spacial score (nSPS) is 37.3. The highest BCUT2D eigenvalue weighted by atomic mass is 16.3. The number of rotatable bonds is 2. The van der Waals surface area contributed by atoms with E-state index < -0.39 is 0 Å². The Balaban J connectivity index is 1.57. The van der Waals surface area contributed by atoms with E-state index in [4.69, 9.17) is 0 Å². The monoisotopic (exact) mass is 362 g/mol. The predicted octanol–water partition coefficient (Wildman–Crippen LogP) is 5.08. The van der Waals surface area contributed by atoms with Crippen LogP contribution in [0.15, 0.2) is 48.5 Å². The van der Waals surface area contributed by atoms with Crippen LogP contribution >= 0.6 is 0 Å². The van der Waals surface area contributed by atoms with Crippen LogP contribution in [0.4, 0.5) is 0 Å². The number of phenolic OH excluding ortho intramolecular Hbond substituents is 1. The van der Waals surface area contributed by atoms with Gasteiger partial charge in [-0.25, -0.2) is 0 Å². The lowest BCUT2D eigenvalue weighted by Gasteiger charge is -2.54. The first-order valence-electron chi connectivity index (χ1n) is 10.6. The Kier molecular flexibility index (Phi) is 4.09. The Morgan fingerprint density at radius 1 is 1.04 bits per heavy atom. The van der Waals surface area contributed by atoms with Crippen LogP contribution in [0.25, 0.3) is 0 Å². The number of aliphatic hydroxyl groups excluding tert-OH is 1. The van der Waals surface area contributed by atoms with Crippen molar-refractivity contribution in [2.75, 3.05) is 0 Å². The van der Waals surface area contributed by atoms with E-state index in [0.717, 1.165) is 25.7 Å². The van der Waals surface area contributed by atoms with Crippen molar-refractivity contribution in [2.45, 2.75) is 57.5 Å². The van der Waals surface area contributed by atoms with Crippen molar-refractivity contribution in [3.63, 3.8) is 0 Å². The van der Waals surface area contributed by atoms with Crippen LogP contribution in [0.3, 0.4) is 0 Å². The average Bonchev–Trinajstić information content (AvgIpc) is 2.96. The number of benzene rings is 2. The minimum atomic E-state index is -0.150. The second kappa shape index (κ2) is 6.38. The van der Waals surface area contributed by atoms with Crippen LogP contribution in [-0.4, -0.2) is 16.3 Å². The van der Waals surface area contributed by atoms with E-state index in [1.54, 1.807) is 0 Å². The van der Waals surface area contributed by atoms with Gasteiger partial charge in [0.2, 0.25) is 0 Å². The molecule has 2 N–H and O–H groups in total. The molecule has 142 valence electrons. The zero-order valence-corrected chi connectivity index (χ0v) is 16.1. The Labute approximate surface area is 162 Å². The molecule has 3 aliphatic carbocycles. The van der Waals surface area contributed by atoms with Gasteiger partial charge in [0.15, 0.2) is 0 Å². The van der Waals surface area contributed by atoms with Crippen LogP contribution in [-0.2, 0) is 12.8 Å². The van der Waals surface area contributed by atoms with Gasteiger partial charge in [-0.3, -0.25) is 0 Å². The summed E-state index contributed by atoms with van der Waals surface area (Å²) >= 11 is 0. The summed E-state index contributed by atoms with van der Waals surface area (Å²) < 4.78 is 0. The fourth-order valence-electron chi connectivity index (χ4n) is 6.96. The molecular weight excluding hydrogens is 332 g/mol. The van der Waals surface area contributed by atoms with Crippen molar-refractivity contribution < 1.29 is 10.2 Å². The second-order valence-electron chi connectivity index (χ2n) is 9.47. The lowest BCUT2D eigenvalue weighted by molar-refractivity contribution is -0.0479. The first-order valence-corrected chi connectivity index (χ1v) is 10.6. The number of phenols is 1. The fraction of sp³-hybridized carbons (Fsp3) is 0.520. The van der Waals surface area contributed by atoms with Crippen LogP contribution < -0.4 is 0 Å². The van der Waals surface area contributed by atoms with E-state index in [0.29, 0.717) is 29.4 Å². The van der Waals surface area contributed by atoms with Gasteiger partial charge in [-0.1, -0.05) is 43.3 Å². The maximum atomic E-state index is 10.9. The SMILES string of the molecule is C[C@]12C[C@H](Cc3ccccc3)[C@@H]3c4ccc(O)cc4CC[C@H]3[C@@H]1CC[C@@H]2O. The lowest BCUT2D eigenvalue weighted by Crippen LogP contribution is -2.48. The molecule has 0 saturated heterocycles. The number of aromatic hydroxyl groups is 1. The van der Waals surface area contributed by atoms with Crippen LogP contribution in [0.5, 0.6) is 5.75 Å². The molecule has 0 amide bonds. The van der Waals surface area contributed by atoms with Gasteiger partial charge >= 0.3 is 0 Å². The summed E-state index contributed by atoms with van der Waals surface area (Å²) in [7, 11) is 0. The first kappa shape index (κ1) is 17.3. The maximum Gasteiger partial charge on any atom is 0.115 e. The Hall–Kier alpha value is -1.80. The molecule has 3 aliphatic rings. The highest BCUT2D eigenvalue weighted by molar-refractivity contribution is 5.41. The Bertz CT molecular complexity index is 829. The number of fused-ring (bicyclic) bond motifs is 5. The smallest absolute Gasteiger partial charge is 0.115 e. The maximum absolute atomic E-state index is 10.9. The van der Waals surface area contributed by atoms with Crippen LogP contribution in [0.2, 0.25) is 0 Å². The van der Waals surface area contributed by atoms with Gasteiger partial charge in [0, 0.05) is 0 Å². The molecule has 2 saturated carbocycles. The van der Waals surface area contributed by atoms with Crippen LogP contribution in [0.1, 0.15) is 55.2 Å². The molecule has 2 nitrogen and oxygen atoms in total. The molecule has 0 heterocycles. The number of aliphatic hydroxyl groups is 1. The molecule has 2 fully saturated rings. The van der Waals surface area contributed by atoms with Crippen molar-refractivity contribution in [3.8, 4) is 5.75 Å². The lowest BCUT2D eigenvalue weighted by atomic mass is 9.51. The van der Waals surface area contributed by atoms with Gasteiger partial charge in [-0.15, -0.1) is 0 Å². The van der Waals surface area contributed by atoms with Crippen molar-refractivity contribution in [1.29, 1.82) is 0 Å². The molecule has 2 heteroatoms. The van der Waals surface area contributed by atoms with E-state index >= 15 is 0 Å². The van der Waals surface area contributed by atoms with Gasteiger partial charge in [0.25, 0.3) is 0 Å². The van der Waals surface area contributed by atoms with Crippen molar-refractivity contribution >= 4 is 0 Å². The topological polar surface area (TPSA) is 40.5 Å². The zero-order chi connectivity index (χ0) is 18.6. The van der Waals surface area contributed by atoms with E-state index in [1.165, 1.54) is 29.5 Å². The summed E-state index contributed by atoms with van der Waals surface area (Å²) in [4.78, 5) is 0. The molecule has 2 aromatic rings. The summed E-state index contributed by atoms with van der Waals surface area (Å²) in [6.45, 7) is 2.36. The molecule has 0 aliphatic heterocycles. The van der Waals surface area contributed by atoms with Gasteiger partial charge in [-0.05, 0) is 96.4 Å². The third-order valence-electron chi connectivity index (χ3n) is 8.12. The van der Waals surface area contributed by atoms with Gasteiger partial charge in [0.1, 0.15) is 5.75 Å². The summed E-state index contributed by atoms with van der Waals surface area (Å²) in [5.74, 6) is 2.79. The molecule has 5 rings (SSSR count). The molecule has 0 radical (unpaired) electrons. The Morgan fingerprint density at radius 3 is 2.67 bits per heavy atom. The Morgan fingerprint density at radius 2 is 1.85 bits per heavy atom. The summed E-state index contributed by atoms with van der Waals surface area (Å²) in [6, 6.07) is 16.9. The fourth-order valence-corrected chi connectivity index (χ4v) is 6.96. The number of hydrogen-bond acceptors (Lipinski definition) is 2. The summed E-state index contributed by atoms with van der Waals surface area (Å²) in [6.07, 6.45) is 6.43. The molecule has 0 bridgehead atoms. The largest absolute Gasteiger partial charge is 0.508 e. The molecule has 27 heavy (non-hydrogen) atoms. The molecular formula is C25H30O2. The number of aryl methyl sites for hydroxylation is 1. The van der Waals surface area contributed by atoms with Crippen molar-refractivity contribution in [3.05, 3.63) is 65.2 Å². The minimum Gasteiger partial charge on any atom is -0.508 e. The molecule has 0 unspecified atom stereocenters. The molecule has 0 spiro atoms. The minimum absolute atomic E-state index is 0.0645. The van der Waals surface area contributed by atoms with E-state index in [2.05, 4.69) is 43.3 Å². The summed E-state index contributed by atoms with van der Waals surface area (Å²) in [5.41, 5.74) is 4.28.